The van der Waals surface area contributed by atoms with Gasteiger partial charge in [-0.2, -0.15) is 0 Å². The fourth-order valence-corrected chi connectivity index (χ4v) is 4.27. The van der Waals surface area contributed by atoms with Gasteiger partial charge in [-0.15, -0.1) is 0 Å². The van der Waals surface area contributed by atoms with Gasteiger partial charge in [-0.05, 0) is 60.4 Å². The number of carbonyl (C=O) groups excluding carboxylic acids is 2. The molecule has 1 aliphatic rings. The van der Waals surface area contributed by atoms with Crippen LogP contribution in [0.15, 0.2) is 66.5 Å². The molecule has 0 saturated carbocycles. The number of amides is 1. The van der Waals surface area contributed by atoms with E-state index < -0.39 is 23.5 Å². The Balaban J connectivity index is 1.93. The van der Waals surface area contributed by atoms with E-state index in [9.17, 15) is 19.1 Å². The lowest BCUT2D eigenvalue weighted by atomic mass is 9.93. The minimum absolute atomic E-state index is 0.0706. The number of likely N-dealkylation sites (tertiary alicyclic amines) is 1. The molecule has 4 rings (SSSR count). The van der Waals surface area contributed by atoms with Gasteiger partial charge in [0, 0.05) is 18.9 Å². The number of carbonyl (C=O) groups is 2. The highest BCUT2D eigenvalue weighted by Gasteiger charge is 2.46. The quantitative estimate of drug-likeness (QED) is 0.355. The number of hydrogen-bond donors (Lipinski definition) is 1. The molecular formula is C26H23FN2O4. The van der Waals surface area contributed by atoms with E-state index in [2.05, 4.69) is 4.98 Å². The predicted octanol–water partition coefficient (Wildman–Crippen LogP) is 4.47. The van der Waals surface area contributed by atoms with Crippen LogP contribution in [0, 0.1) is 19.7 Å². The molecule has 168 valence electrons. The topological polar surface area (TPSA) is 79.7 Å². The van der Waals surface area contributed by atoms with Crippen molar-refractivity contribution in [3.05, 3.63) is 100 Å². The van der Waals surface area contributed by atoms with E-state index in [-0.39, 0.29) is 17.9 Å². The molecule has 1 N–H and O–H groups in total. The lowest BCUT2D eigenvalue weighted by Gasteiger charge is -2.25. The number of halogens is 1. The summed E-state index contributed by atoms with van der Waals surface area (Å²) >= 11 is 0. The van der Waals surface area contributed by atoms with Gasteiger partial charge >= 0.3 is 0 Å². The van der Waals surface area contributed by atoms with E-state index in [4.69, 9.17) is 4.74 Å². The van der Waals surface area contributed by atoms with Gasteiger partial charge in [0.1, 0.15) is 17.3 Å². The molecule has 1 amide bonds. The molecule has 0 bridgehead atoms. The Kier molecular flexibility index (Phi) is 5.96. The molecule has 33 heavy (non-hydrogen) atoms. The summed E-state index contributed by atoms with van der Waals surface area (Å²) < 4.78 is 19.1. The number of nitrogens with zero attached hydrogens (tertiary/aromatic N) is 2. The van der Waals surface area contributed by atoms with Gasteiger partial charge in [0.2, 0.25) is 0 Å². The van der Waals surface area contributed by atoms with Crippen LogP contribution in [-0.2, 0) is 16.1 Å². The molecule has 1 aromatic heterocycles. The largest absolute Gasteiger partial charge is 0.507 e. The summed E-state index contributed by atoms with van der Waals surface area (Å²) in [4.78, 5) is 31.7. The summed E-state index contributed by atoms with van der Waals surface area (Å²) in [5.41, 5.74) is 3.11. The Labute approximate surface area is 191 Å². The van der Waals surface area contributed by atoms with Crippen LogP contribution < -0.4 is 4.74 Å². The van der Waals surface area contributed by atoms with Crippen LogP contribution in [0.3, 0.4) is 0 Å². The lowest BCUT2D eigenvalue weighted by molar-refractivity contribution is -0.140. The lowest BCUT2D eigenvalue weighted by Crippen LogP contribution is -2.29. The molecule has 1 atom stereocenters. The average molecular weight is 446 g/mol. The Bertz CT molecular complexity index is 1250. The molecule has 1 unspecified atom stereocenters. The van der Waals surface area contributed by atoms with Gasteiger partial charge in [0.05, 0.1) is 24.3 Å². The van der Waals surface area contributed by atoms with Gasteiger partial charge in [0.25, 0.3) is 11.7 Å². The van der Waals surface area contributed by atoms with Crippen molar-refractivity contribution in [3.63, 3.8) is 0 Å². The number of hydrogen-bond acceptors (Lipinski definition) is 5. The number of rotatable bonds is 5. The van der Waals surface area contributed by atoms with Crippen molar-refractivity contribution < 1.29 is 23.8 Å². The van der Waals surface area contributed by atoms with Crippen molar-refractivity contribution >= 4 is 17.4 Å². The van der Waals surface area contributed by atoms with Gasteiger partial charge in [0.15, 0.2) is 0 Å². The fraction of sp³-hybridized carbons (Fsp3) is 0.192. The number of ketones is 1. The summed E-state index contributed by atoms with van der Waals surface area (Å²) in [6.07, 6.45) is 3.22. The van der Waals surface area contributed by atoms with Crippen molar-refractivity contribution in [2.24, 2.45) is 0 Å². The molecule has 0 spiro atoms. The molecule has 7 heteroatoms. The van der Waals surface area contributed by atoms with Crippen LogP contribution in [-0.4, -0.2) is 33.8 Å². The second kappa shape index (κ2) is 8.86. The molecule has 0 aliphatic carbocycles. The number of aromatic nitrogens is 1. The van der Waals surface area contributed by atoms with Crippen LogP contribution in [0.25, 0.3) is 5.76 Å². The number of benzene rings is 2. The minimum atomic E-state index is -0.906. The highest BCUT2D eigenvalue weighted by molar-refractivity contribution is 6.46. The van der Waals surface area contributed by atoms with Gasteiger partial charge in [-0.1, -0.05) is 24.3 Å². The molecule has 2 aromatic carbocycles. The highest BCUT2D eigenvalue weighted by Crippen LogP contribution is 2.42. The Morgan fingerprint density at radius 3 is 2.52 bits per heavy atom. The van der Waals surface area contributed by atoms with Crippen molar-refractivity contribution in [3.8, 4) is 5.75 Å². The van der Waals surface area contributed by atoms with Crippen molar-refractivity contribution in [1.29, 1.82) is 0 Å². The molecule has 3 aromatic rings. The van der Waals surface area contributed by atoms with Crippen molar-refractivity contribution in [2.45, 2.75) is 26.4 Å². The Morgan fingerprint density at radius 2 is 1.88 bits per heavy atom. The van der Waals surface area contributed by atoms with E-state index in [1.165, 1.54) is 36.3 Å². The van der Waals surface area contributed by atoms with Crippen molar-refractivity contribution in [1.82, 2.24) is 9.88 Å². The number of aliphatic hydroxyl groups is 1. The maximum absolute atomic E-state index is 13.6. The van der Waals surface area contributed by atoms with Crippen LogP contribution >= 0.6 is 0 Å². The third-order valence-corrected chi connectivity index (χ3v) is 5.68. The van der Waals surface area contributed by atoms with Crippen molar-refractivity contribution in [2.75, 3.05) is 7.11 Å². The summed E-state index contributed by atoms with van der Waals surface area (Å²) in [5.74, 6) is -1.93. The first-order valence-corrected chi connectivity index (χ1v) is 10.4. The minimum Gasteiger partial charge on any atom is -0.507 e. The van der Waals surface area contributed by atoms with Gasteiger partial charge < -0.3 is 14.7 Å². The average Bonchev–Trinajstić information content (AvgIpc) is 3.04. The normalized spacial score (nSPS) is 17.5. The summed E-state index contributed by atoms with van der Waals surface area (Å²) in [7, 11) is 1.48. The third kappa shape index (κ3) is 4.09. The number of methoxy groups -OCH3 is 1. The van der Waals surface area contributed by atoms with E-state index in [1.54, 1.807) is 30.6 Å². The smallest absolute Gasteiger partial charge is 0.295 e. The van der Waals surface area contributed by atoms with Crippen LogP contribution in [0.5, 0.6) is 5.75 Å². The second-order valence-electron chi connectivity index (χ2n) is 8.00. The predicted molar refractivity (Wildman–Crippen MR) is 121 cm³/mol. The standard InChI is InChI=1S/C26H23FN2O4/c1-15-11-16(2)25(33-3)20(12-15)23(30)21-22(18-6-8-19(27)9-7-18)29(26(32)24(21)31)14-17-5-4-10-28-13-17/h4-13,22,30H,14H2,1-3H3/b23-21+. The van der Waals surface area contributed by atoms with Crippen LogP contribution in [0.2, 0.25) is 0 Å². The zero-order chi connectivity index (χ0) is 23.7. The monoisotopic (exact) mass is 446 g/mol. The molecule has 6 nitrogen and oxygen atoms in total. The SMILES string of the molecule is COc1c(C)cc(C)cc1/C(O)=C1\C(=O)C(=O)N(Cc2cccnc2)C1c1ccc(F)cc1. The molecule has 1 saturated heterocycles. The van der Waals surface area contributed by atoms with E-state index in [0.29, 0.717) is 16.9 Å². The number of aliphatic hydroxyl groups excluding tert-OH is 1. The number of aryl methyl sites for hydroxylation is 2. The summed E-state index contributed by atoms with van der Waals surface area (Å²) in [6, 6.07) is 11.8. The summed E-state index contributed by atoms with van der Waals surface area (Å²) in [6.45, 7) is 3.80. The second-order valence-corrected chi connectivity index (χ2v) is 8.00. The van der Waals surface area contributed by atoms with E-state index in [0.717, 1.165) is 16.7 Å². The maximum atomic E-state index is 13.6. The van der Waals surface area contributed by atoms with Crippen LogP contribution in [0.4, 0.5) is 4.39 Å². The highest BCUT2D eigenvalue weighted by atomic mass is 19.1. The molecule has 0 radical (unpaired) electrons. The molecule has 2 heterocycles. The molecule has 1 aliphatic heterocycles. The zero-order valence-electron chi connectivity index (χ0n) is 18.5. The van der Waals surface area contributed by atoms with Gasteiger partial charge in [-0.25, -0.2) is 4.39 Å². The fourth-order valence-electron chi connectivity index (χ4n) is 4.27. The third-order valence-electron chi connectivity index (χ3n) is 5.68. The van der Waals surface area contributed by atoms with E-state index >= 15 is 0 Å². The first-order chi connectivity index (χ1) is 15.8. The number of ether oxygens (including phenoxy) is 1. The maximum Gasteiger partial charge on any atom is 0.295 e. The van der Waals surface area contributed by atoms with E-state index in [1.807, 2.05) is 19.9 Å². The van der Waals surface area contributed by atoms with Crippen LogP contribution in [0.1, 0.15) is 33.9 Å². The summed E-state index contributed by atoms with van der Waals surface area (Å²) in [5, 5.41) is 11.4. The molecule has 1 fully saturated rings. The molecular weight excluding hydrogens is 423 g/mol. The first kappa shape index (κ1) is 22.2. The Morgan fingerprint density at radius 1 is 1.15 bits per heavy atom. The number of Topliss-reactive ketones (excluding diaryl/α,β-unsaturated/α-hetero) is 1. The Hall–Kier alpha value is -4.00. The first-order valence-electron chi connectivity index (χ1n) is 10.4. The van der Waals surface area contributed by atoms with Gasteiger partial charge in [-0.3, -0.25) is 14.6 Å². The number of pyridine rings is 1. The zero-order valence-corrected chi connectivity index (χ0v) is 18.5.